The molecule has 0 radical (unpaired) electrons. The number of H-pyrrole nitrogens is 1. The van der Waals surface area contributed by atoms with E-state index in [0.29, 0.717) is 12.2 Å². The molecule has 1 rings (SSSR count). The first-order valence-corrected chi connectivity index (χ1v) is 2.58. The lowest BCUT2D eigenvalue weighted by Gasteiger charge is -1.85. The second-order valence-corrected chi connectivity index (χ2v) is 1.73. The number of carbonyl (C=O) groups excluding carboxylic acids is 1. The molecule has 0 aliphatic carbocycles. The topological polar surface area (TPSA) is 42.1 Å². The maximum absolute atomic E-state index is 9.75. The zero-order chi connectivity index (χ0) is 6.69. The Morgan fingerprint density at radius 1 is 1.78 bits per heavy atom. The molecule has 0 fully saturated rings. The van der Waals surface area contributed by atoms with Crippen LogP contribution < -0.4 is 4.74 Å². The standard InChI is InChI=1S/C6H7NO2/c1-5-2-6(3-7-5)9-4-8/h2-4,7H,1H3. The number of aryl methyl sites for hydroxylation is 1. The van der Waals surface area contributed by atoms with E-state index < -0.39 is 0 Å². The fourth-order valence-corrected chi connectivity index (χ4v) is 0.605. The molecule has 0 unspecified atom stereocenters. The van der Waals surface area contributed by atoms with E-state index in [1.54, 1.807) is 12.3 Å². The number of nitrogens with one attached hydrogen (secondary N) is 1. The van der Waals surface area contributed by atoms with Crippen molar-refractivity contribution >= 4 is 6.47 Å². The van der Waals surface area contributed by atoms with Crippen LogP contribution in [0.4, 0.5) is 0 Å². The summed E-state index contributed by atoms with van der Waals surface area (Å²) in [4.78, 5) is 12.6. The third kappa shape index (κ3) is 1.32. The molecule has 0 aliphatic rings. The number of ether oxygens (including phenoxy) is 1. The molecule has 3 nitrogen and oxygen atoms in total. The highest BCUT2D eigenvalue weighted by atomic mass is 16.5. The Labute approximate surface area is 52.6 Å². The van der Waals surface area contributed by atoms with Crippen molar-refractivity contribution in [2.45, 2.75) is 6.92 Å². The molecule has 1 aromatic rings. The lowest BCUT2D eigenvalue weighted by atomic mass is 10.5. The molecule has 0 saturated heterocycles. The van der Waals surface area contributed by atoms with Crippen molar-refractivity contribution < 1.29 is 9.53 Å². The molecule has 0 atom stereocenters. The predicted molar refractivity (Wildman–Crippen MR) is 32.2 cm³/mol. The summed E-state index contributed by atoms with van der Waals surface area (Å²) >= 11 is 0. The number of aromatic nitrogens is 1. The van der Waals surface area contributed by atoms with E-state index in [-0.39, 0.29) is 0 Å². The minimum Gasteiger partial charge on any atom is -0.427 e. The van der Waals surface area contributed by atoms with Gasteiger partial charge in [-0.05, 0) is 6.92 Å². The summed E-state index contributed by atoms with van der Waals surface area (Å²) in [6, 6.07) is 1.74. The maximum atomic E-state index is 9.75. The Hall–Kier alpha value is -1.25. The number of carbonyl (C=O) groups is 1. The van der Waals surface area contributed by atoms with E-state index in [4.69, 9.17) is 0 Å². The number of hydrogen-bond donors (Lipinski definition) is 1. The Kier molecular flexibility index (Phi) is 1.53. The number of hydrogen-bond acceptors (Lipinski definition) is 2. The molecule has 0 bridgehead atoms. The van der Waals surface area contributed by atoms with Crippen LogP contribution in [-0.2, 0) is 4.79 Å². The van der Waals surface area contributed by atoms with Crippen LogP contribution in [0.3, 0.4) is 0 Å². The van der Waals surface area contributed by atoms with Gasteiger partial charge in [-0.3, -0.25) is 4.79 Å². The number of aromatic amines is 1. The second kappa shape index (κ2) is 2.35. The van der Waals surface area contributed by atoms with Gasteiger partial charge in [-0.1, -0.05) is 0 Å². The molecule has 0 spiro atoms. The third-order valence-corrected chi connectivity index (χ3v) is 0.985. The van der Waals surface area contributed by atoms with E-state index in [2.05, 4.69) is 9.72 Å². The van der Waals surface area contributed by atoms with Gasteiger partial charge in [0.05, 0.1) is 0 Å². The summed E-state index contributed by atoms with van der Waals surface area (Å²) in [6.45, 7) is 2.29. The van der Waals surface area contributed by atoms with Crippen LogP contribution in [0.25, 0.3) is 0 Å². The molecule has 0 saturated carbocycles. The summed E-state index contributed by atoms with van der Waals surface area (Å²) in [6.07, 6.45) is 1.63. The van der Waals surface area contributed by atoms with Gasteiger partial charge in [0.1, 0.15) is 5.75 Å². The second-order valence-electron chi connectivity index (χ2n) is 1.73. The summed E-state index contributed by atoms with van der Waals surface area (Å²) in [5, 5.41) is 0. The van der Waals surface area contributed by atoms with Gasteiger partial charge in [-0.15, -0.1) is 0 Å². The van der Waals surface area contributed by atoms with E-state index in [0.717, 1.165) is 5.69 Å². The smallest absolute Gasteiger partial charge is 0.298 e. The van der Waals surface area contributed by atoms with Crippen LogP contribution >= 0.6 is 0 Å². The zero-order valence-electron chi connectivity index (χ0n) is 5.05. The van der Waals surface area contributed by atoms with Gasteiger partial charge in [-0.2, -0.15) is 0 Å². The molecule has 9 heavy (non-hydrogen) atoms. The Balaban J connectivity index is 2.72. The fraction of sp³-hybridized carbons (Fsp3) is 0.167. The van der Waals surface area contributed by atoms with Crippen LogP contribution in [0.1, 0.15) is 5.69 Å². The summed E-state index contributed by atoms with van der Waals surface area (Å²) < 4.78 is 4.51. The van der Waals surface area contributed by atoms with Crippen LogP contribution in [0.15, 0.2) is 12.3 Å². The van der Waals surface area contributed by atoms with Gasteiger partial charge >= 0.3 is 0 Å². The van der Waals surface area contributed by atoms with Gasteiger partial charge in [0.2, 0.25) is 0 Å². The molecule has 1 N–H and O–H groups in total. The van der Waals surface area contributed by atoms with E-state index >= 15 is 0 Å². The molecule has 0 amide bonds. The molecule has 0 aliphatic heterocycles. The van der Waals surface area contributed by atoms with Crippen molar-refractivity contribution in [3.63, 3.8) is 0 Å². The van der Waals surface area contributed by atoms with Crippen molar-refractivity contribution in [2.75, 3.05) is 0 Å². The Morgan fingerprint density at radius 3 is 3.00 bits per heavy atom. The molecule has 0 aromatic carbocycles. The van der Waals surface area contributed by atoms with Gasteiger partial charge < -0.3 is 9.72 Å². The van der Waals surface area contributed by atoms with Gasteiger partial charge in [0.25, 0.3) is 6.47 Å². The van der Waals surface area contributed by atoms with Gasteiger partial charge in [-0.25, -0.2) is 0 Å². The number of rotatable bonds is 2. The average molecular weight is 125 g/mol. The Bertz CT molecular complexity index is 205. The highest BCUT2D eigenvalue weighted by molar-refractivity contribution is 5.44. The lowest BCUT2D eigenvalue weighted by Crippen LogP contribution is -1.84. The first kappa shape index (κ1) is 5.88. The van der Waals surface area contributed by atoms with Crippen molar-refractivity contribution in [1.29, 1.82) is 0 Å². The quantitative estimate of drug-likeness (QED) is 0.595. The molecule has 48 valence electrons. The molecule has 1 heterocycles. The van der Waals surface area contributed by atoms with Crippen molar-refractivity contribution in [3.05, 3.63) is 18.0 Å². The summed E-state index contributed by atoms with van der Waals surface area (Å²) in [7, 11) is 0. The zero-order valence-corrected chi connectivity index (χ0v) is 5.05. The Morgan fingerprint density at radius 2 is 2.56 bits per heavy atom. The van der Waals surface area contributed by atoms with Gasteiger partial charge in [0.15, 0.2) is 0 Å². The average Bonchev–Trinajstić information content (AvgIpc) is 2.17. The third-order valence-electron chi connectivity index (χ3n) is 0.985. The van der Waals surface area contributed by atoms with Crippen molar-refractivity contribution in [2.24, 2.45) is 0 Å². The maximum Gasteiger partial charge on any atom is 0.298 e. The van der Waals surface area contributed by atoms with Crippen LogP contribution in [-0.4, -0.2) is 11.5 Å². The molecule has 3 heteroatoms. The van der Waals surface area contributed by atoms with Crippen LogP contribution in [0.2, 0.25) is 0 Å². The van der Waals surface area contributed by atoms with Gasteiger partial charge in [0, 0.05) is 18.0 Å². The first-order chi connectivity index (χ1) is 4.33. The highest BCUT2D eigenvalue weighted by Gasteiger charge is 1.91. The largest absolute Gasteiger partial charge is 0.427 e. The van der Waals surface area contributed by atoms with E-state index in [9.17, 15) is 4.79 Å². The predicted octanol–water partition coefficient (Wildman–Crippen LogP) is 0.858. The van der Waals surface area contributed by atoms with Crippen LogP contribution in [0, 0.1) is 6.92 Å². The SMILES string of the molecule is Cc1cc(OC=O)c[nH]1. The highest BCUT2D eigenvalue weighted by Crippen LogP contribution is 2.09. The van der Waals surface area contributed by atoms with Crippen molar-refractivity contribution in [1.82, 2.24) is 4.98 Å². The normalized spacial score (nSPS) is 9.00. The first-order valence-electron chi connectivity index (χ1n) is 2.58. The monoisotopic (exact) mass is 125 g/mol. The molecular formula is C6H7NO2. The minimum atomic E-state index is 0.405. The van der Waals surface area contributed by atoms with Crippen molar-refractivity contribution in [3.8, 4) is 5.75 Å². The fourth-order valence-electron chi connectivity index (χ4n) is 0.605. The summed E-state index contributed by atoms with van der Waals surface area (Å²) in [5.74, 6) is 0.558. The van der Waals surface area contributed by atoms with E-state index in [1.165, 1.54) is 0 Å². The lowest BCUT2D eigenvalue weighted by molar-refractivity contribution is -0.120. The molecular weight excluding hydrogens is 118 g/mol. The molecule has 1 aromatic heterocycles. The van der Waals surface area contributed by atoms with E-state index in [1.807, 2.05) is 6.92 Å². The van der Waals surface area contributed by atoms with Crippen LogP contribution in [0.5, 0.6) is 5.75 Å². The minimum absolute atomic E-state index is 0.405. The summed E-state index contributed by atoms with van der Waals surface area (Å²) in [5.41, 5.74) is 0.979.